The van der Waals surface area contributed by atoms with Gasteiger partial charge in [-0.3, -0.25) is 14.9 Å². The average molecular weight is 545 g/mol. The van der Waals surface area contributed by atoms with Gasteiger partial charge in [-0.15, -0.1) is 30.3 Å². The summed E-state index contributed by atoms with van der Waals surface area (Å²) in [6, 6.07) is 8.83. The molecule has 27 heavy (non-hydrogen) atoms. The fraction of sp³-hybridized carbons (Fsp3) is 0.526. The molecule has 0 saturated carbocycles. The van der Waals surface area contributed by atoms with E-state index in [1.54, 1.807) is 24.3 Å². The van der Waals surface area contributed by atoms with Crippen LogP contribution >= 0.6 is 0 Å². The molecular weight excluding hydrogens is 516 g/mol. The number of amides is 3. The van der Waals surface area contributed by atoms with Gasteiger partial charge < -0.3 is 20.3 Å². The van der Waals surface area contributed by atoms with Crippen molar-refractivity contribution in [3.63, 3.8) is 0 Å². The van der Waals surface area contributed by atoms with Crippen LogP contribution in [-0.4, -0.2) is 61.9 Å². The molecule has 0 aliphatic carbocycles. The number of nitrogens with zero attached hydrogens (tertiary/aromatic N) is 1. The van der Waals surface area contributed by atoms with E-state index < -0.39 is 11.9 Å². The maximum absolute atomic E-state index is 11.7. The van der Waals surface area contributed by atoms with Crippen LogP contribution in [0.15, 0.2) is 24.3 Å². The monoisotopic (exact) mass is 545 g/mol. The second-order valence-corrected chi connectivity index (χ2v) is 5.81. The Hall–Kier alpha value is -1.56. The molecule has 0 radical (unpaired) electrons. The Morgan fingerprint density at radius 1 is 1.22 bits per heavy atom. The second-order valence-electron chi connectivity index (χ2n) is 5.81. The normalized spacial score (nSPS) is 19.1. The summed E-state index contributed by atoms with van der Waals surface area (Å²) in [5.41, 5.74) is 0.372. The molecule has 0 bridgehead atoms. The van der Waals surface area contributed by atoms with Crippen molar-refractivity contribution in [1.29, 1.82) is 0 Å². The largest absolute Gasteiger partial charge is 0.381 e. The summed E-state index contributed by atoms with van der Waals surface area (Å²) in [5, 5.41) is 8.03. The van der Waals surface area contributed by atoms with Crippen molar-refractivity contribution in [2.75, 3.05) is 33.2 Å². The quantitative estimate of drug-likeness (QED) is 0.374. The maximum Gasteiger partial charge on any atom is 0.248 e. The molecule has 1 atom stereocenters. The summed E-state index contributed by atoms with van der Waals surface area (Å²) >= 11 is 0. The van der Waals surface area contributed by atoms with Crippen molar-refractivity contribution in [2.45, 2.75) is 32.7 Å². The predicted octanol–water partition coefficient (Wildman–Crippen LogP) is 0.567. The zero-order valence-electron chi connectivity index (χ0n) is 16.2. The van der Waals surface area contributed by atoms with Gasteiger partial charge in [0, 0.05) is 53.7 Å². The Labute approximate surface area is 175 Å². The summed E-state index contributed by atoms with van der Waals surface area (Å²) < 4.78 is 0. The molecule has 0 spiro atoms. The molecule has 2 aliphatic rings. The number of carbonyl (C=O) groups excluding carboxylic acids is 3. The fourth-order valence-corrected chi connectivity index (χ4v) is 2.38. The summed E-state index contributed by atoms with van der Waals surface area (Å²) in [6.45, 7) is 8.74. The summed E-state index contributed by atoms with van der Waals surface area (Å²) in [4.78, 5) is 36.4. The first kappa shape index (κ1) is 25.4. The van der Waals surface area contributed by atoms with Crippen molar-refractivity contribution in [3.8, 4) is 0 Å². The van der Waals surface area contributed by atoms with Crippen LogP contribution in [0.25, 0.3) is 0 Å². The molecule has 2 aliphatic heterocycles. The van der Waals surface area contributed by atoms with Crippen LogP contribution in [0.1, 0.15) is 37.0 Å². The molecule has 2 saturated heterocycles. The molecule has 8 heteroatoms. The third kappa shape index (κ3) is 9.80. The molecular formula is C19H29N4O3W-. The molecule has 2 heterocycles. The number of nitrogens with one attached hydrogen (secondary N) is 3. The van der Waals surface area contributed by atoms with Crippen LogP contribution in [0.2, 0.25) is 0 Å². The van der Waals surface area contributed by atoms with Crippen molar-refractivity contribution in [1.82, 2.24) is 20.9 Å². The van der Waals surface area contributed by atoms with Gasteiger partial charge in [-0.1, -0.05) is 19.4 Å². The Morgan fingerprint density at radius 3 is 2.37 bits per heavy atom. The Morgan fingerprint density at radius 2 is 1.89 bits per heavy atom. The van der Waals surface area contributed by atoms with E-state index in [4.69, 9.17) is 0 Å². The maximum atomic E-state index is 11.7. The van der Waals surface area contributed by atoms with Gasteiger partial charge in [0.05, 0.1) is 0 Å². The molecule has 7 nitrogen and oxygen atoms in total. The molecule has 0 aromatic heterocycles. The van der Waals surface area contributed by atoms with Gasteiger partial charge >= 0.3 is 0 Å². The van der Waals surface area contributed by atoms with Gasteiger partial charge in [-0.25, -0.2) is 0 Å². The van der Waals surface area contributed by atoms with E-state index in [-0.39, 0.29) is 39.3 Å². The van der Waals surface area contributed by atoms with Crippen LogP contribution in [0.4, 0.5) is 0 Å². The van der Waals surface area contributed by atoms with E-state index >= 15 is 0 Å². The number of likely N-dealkylation sites (N-methyl/N-ethyl adjacent to an activating group) is 1. The smallest absolute Gasteiger partial charge is 0.248 e. The molecule has 3 rings (SSSR count). The number of hydrogen-bond acceptors (Lipinski definition) is 5. The number of rotatable bonds is 2. The van der Waals surface area contributed by atoms with Crippen LogP contribution in [0.3, 0.4) is 0 Å². The van der Waals surface area contributed by atoms with Gasteiger partial charge in [0.1, 0.15) is 6.04 Å². The zero-order valence-corrected chi connectivity index (χ0v) is 19.1. The van der Waals surface area contributed by atoms with Gasteiger partial charge in [0.25, 0.3) is 0 Å². The minimum Gasteiger partial charge on any atom is -0.381 e. The first-order valence-corrected chi connectivity index (χ1v) is 9.07. The van der Waals surface area contributed by atoms with E-state index in [0.29, 0.717) is 12.0 Å². The number of piperazine rings is 1. The van der Waals surface area contributed by atoms with E-state index in [9.17, 15) is 14.4 Å². The topological polar surface area (TPSA) is 90.5 Å². The summed E-state index contributed by atoms with van der Waals surface area (Å²) in [7, 11) is 2.15. The fourth-order valence-electron chi connectivity index (χ4n) is 2.38. The van der Waals surface area contributed by atoms with E-state index in [2.05, 4.69) is 34.0 Å². The number of imide groups is 1. The Kier molecular flexibility index (Phi) is 13.7. The number of hydrogen-bond donors (Lipinski definition) is 3. The first-order valence-electron chi connectivity index (χ1n) is 9.07. The van der Waals surface area contributed by atoms with E-state index in [1.807, 2.05) is 13.8 Å². The van der Waals surface area contributed by atoms with Crippen LogP contribution in [0.5, 0.6) is 0 Å². The number of benzene rings is 1. The second kappa shape index (κ2) is 14.5. The molecule has 1 aromatic rings. The van der Waals surface area contributed by atoms with Crippen molar-refractivity contribution < 1.29 is 35.4 Å². The molecule has 1 aromatic carbocycles. The van der Waals surface area contributed by atoms with Crippen LogP contribution < -0.4 is 16.0 Å². The van der Waals surface area contributed by atoms with Crippen LogP contribution in [0, 0.1) is 6.07 Å². The molecule has 2 fully saturated rings. The van der Waals surface area contributed by atoms with Crippen molar-refractivity contribution in [3.05, 3.63) is 35.9 Å². The first-order chi connectivity index (χ1) is 12.6. The van der Waals surface area contributed by atoms with E-state index in [0.717, 1.165) is 13.1 Å². The van der Waals surface area contributed by atoms with Gasteiger partial charge in [0.15, 0.2) is 5.91 Å². The van der Waals surface area contributed by atoms with E-state index in [1.165, 1.54) is 13.1 Å². The standard InChI is InChI=1S/C12H11N2O3.C5H12N2.C2H6.W/c15-10-7-6-9(12(17)14-10)13-11(16)8-4-2-1-3-5-8;1-7-4-2-6-3-5-7;1-2;/h1-4,9H,6-7H2,(H,13,16)(H,14,15,17);6H,2-5H2,1H3;1-2H3;/q-1;;;. The summed E-state index contributed by atoms with van der Waals surface area (Å²) in [5.74, 6) is -1.11. The van der Waals surface area contributed by atoms with Gasteiger partial charge in [-0.2, -0.15) is 0 Å². The van der Waals surface area contributed by atoms with Crippen LogP contribution in [-0.2, 0) is 30.7 Å². The minimum atomic E-state index is -0.645. The molecule has 3 amide bonds. The third-order valence-electron chi connectivity index (χ3n) is 3.84. The molecule has 150 valence electrons. The van der Waals surface area contributed by atoms with Crippen molar-refractivity contribution >= 4 is 17.7 Å². The third-order valence-corrected chi connectivity index (χ3v) is 3.84. The average Bonchev–Trinajstić information content (AvgIpc) is 2.67. The molecule has 3 N–H and O–H groups in total. The number of carbonyl (C=O) groups is 3. The minimum absolute atomic E-state index is 0. The van der Waals surface area contributed by atoms with Gasteiger partial charge in [0.2, 0.25) is 11.8 Å². The molecule has 1 unspecified atom stereocenters. The predicted molar refractivity (Wildman–Crippen MR) is 101 cm³/mol. The van der Waals surface area contributed by atoms with Gasteiger partial charge in [-0.05, 0) is 13.5 Å². The zero-order chi connectivity index (χ0) is 19.4. The Balaban J connectivity index is 0.000000569. The number of piperidine rings is 1. The van der Waals surface area contributed by atoms with Crippen molar-refractivity contribution in [2.24, 2.45) is 0 Å². The summed E-state index contributed by atoms with van der Waals surface area (Å²) in [6.07, 6.45) is 0.582. The Bertz CT molecular complexity index is 578. The SMILES string of the molecule is CC.CN1CCNCC1.O=C1CCC(NC(=O)c2[c-]cccc2)C(=O)N1.[W].